The predicted molar refractivity (Wildman–Crippen MR) is 47.0 cm³/mol. The SMILES string of the molecule is CC=Cc1[c]cc(O)c(OC)[c]1. The lowest BCUT2D eigenvalue weighted by Crippen LogP contribution is -1.84. The molecule has 0 spiro atoms. The number of allylic oxidation sites excluding steroid dienone is 1. The van der Waals surface area contributed by atoms with Crippen LogP contribution < -0.4 is 4.74 Å². The van der Waals surface area contributed by atoms with Crippen LogP contribution in [0, 0.1) is 12.1 Å². The van der Waals surface area contributed by atoms with Crippen LogP contribution in [0.3, 0.4) is 0 Å². The van der Waals surface area contributed by atoms with E-state index in [1.54, 1.807) is 0 Å². The topological polar surface area (TPSA) is 29.5 Å². The molecule has 0 bridgehead atoms. The van der Waals surface area contributed by atoms with Crippen LogP contribution >= 0.6 is 0 Å². The molecule has 1 N–H and O–H groups in total. The average molecular weight is 162 g/mol. The Bertz CT molecular complexity index is 290. The maximum atomic E-state index is 9.19. The van der Waals surface area contributed by atoms with Crippen LogP contribution in [0.5, 0.6) is 11.5 Å². The number of phenols is 1. The van der Waals surface area contributed by atoms with Gasteiger partial charge in [-0.05, 0) is 24.6 Å². The summed E-state index contributed by atoms with van der Waals surface area (Å²) in [5.41, 5.74) is 0.771. The summed E-state index contributed by atoms with van der Waals surface area (Å²) in [6.45, 7) is 1.90. The first kappa shape index (κ1) is 8.65. The molecule has 0 unspecified atom stereocenters. The lowest BCUT2D eigenvalue weighted by atomic mass is 10.2. The van der Waals surface area contributed by atoms with Gasteiger partial charge >= 0.3 is 0 Å². The monoisotopic (exact) mass is 162 g/mol. The standard InChI is InChI=1S/C10H10O2/c1-3-4-8-5-6-9(11)10(7-8)12-2/h3-4,6,11H,1-2H3. The molecule has 12 heavy (non-hydrogen) atoms. The Balaban J connectivity index is 3.05. The van der Waals surface area contributed by atoms with Gasteiger partial charge in [0.05, 0.1) is 7.11 Å². The third-order valence-corrected chi connectivity index (χ3v) is 1.38. The minimum Gasteiger partial charge on any atom is -0.504 e. The van der Waals surface area contributed by atoms with Gasteiger partial charge in [0.1, 0.15) is 0 Å². The molecule has 0 fully saturated rings. The Hall–Kier alpha value is -1.44. The molecule has 0 atom stereocenters. The number of methoxy groups -OCH3 is 1. The maximum Gasteiger partial charge on any atom is 0.169 e. The molecule has 0 heterocycles. The normalized spacial score (nSPS) is 10.5. The molecule has 0 aliphatic rings. The summed E-state index contributed by atoms with van der Waals surface area (Å²) in [4.78, 5) is 0. The van der Waals surface area contributed by atoms with Crippen molar-refractivity contribution in [2.75, 3.05) is 7.11 Å². The van der Waals surface area contributed by atoms with E-state index < -0.39 is 0 Å². The second kappa shape index (κ2) is 3.81. The number of hydrogen-bond donors (Lipinski definition) is 1. The number of ether oxygens (including phenoxy) is 1. The highest BCUT2D eigenvalue weighted by Crippen LogP contribution is 2.25. The van der Waals surface area contributed by atoms with E-state index in [9.17, 15) is 5.11 Å². The second-order valence-electron chi connectivity index (χ2n) is 2.25. The first-order valence-corrected chi connectivity index (χ1v) is 3.61. The van der Waals surface area contributed by atoms with E-state index in [1.165, 1.54) is 13.2 Å². The Kier molecular flexibility index (Phi) is 2.75. The summed E-state index contributed by atoms with van der Waals surface area (Å²) in [5.74, 6) is 0.410. The largest absolute Gasteiger partial charge is 0.504 e. The minimum absolute atomic E-state index is 0.0609. The van der Waals surface area contributed by atoms with Crippen molar-refractivity contribution in [1.29, 1.82) is 0 Å². The summed E-state index contributed by atoms with van der Waals surface area (Å²) in [7, 11) is 1.49. The smallest absolute Gasteiger partial charge is 0.169 e. The highest BCUT2D eigenvalue weighted by atomic mass is 16.5. The fourth-order valence-electron chi connectivity index (χ4n) is 0.846. The molecule has 0 aromatic heterocycles. The Morgan fingerprint density at radius 1 is 1.58 bits per heavy atom. The molecule has 0 amide bonds. The molecule has 0 saturated heterocycles. The summed E-state index contributed by atoms with van der Waals surface area (Å²) in [6, 6.07) is 7.15. The summed E-state index contributed by atoms with van der Waals surface area (Å²) in [6.07, 6.45) is 3.71. The van der Waals surface area contributed by atoms with Crippen molar-refractivity contribution in [2.24, 2.45) is 0 Å². The van der Waals surface area contributed by atoms with Gasteiger partial charge in [0, 0.05) is 6.07 Å². The van der Waals surface area contributed by atoms with Crippen molar-refractivity contribution in [3.05, 3.63) is 29.8 Å². The second-order valence-corrected chi connectivity index (χ2v) is 2.25. The lowest BCUT2D eigenvalue weighted by molar-refractivity contribution is 0.372. The summed E-state index contributed by atoms with van der Waals surface area (Å²) in [5, 5.41) is 9.19. The van der Waals surface area contributed by atoms with Crippen LogP contribution in [0.2, 0.25) is 0 Å². The average Bonchev–Trinajstić information content (AvgIpc) is 2.09. The Labute approximate surface area is 72.1 Å². The fraction of sp³-hybridized carbons (Fsp3) is 0.200. The molecule has 2 nitrogen and oxygen atoms in total. The van der Waals surface area contributed by atoms with Gasteiger partial charge < -0.3 is 9.84 Å². The molecule has 1 aromatic carbocycles. The van der Waals surface area contributed by atoms with E-state index in [2.05, 4.69) is 12.1 Å². The molecule has 1 aromatic rings. The van der Waals surface area contributed by atoms with Crippen molar-refractivity contribution in [2.45, 2.75) is 6.92 Å². The van der Waals surface area contributed by atoms with Crippen molar-refractivity contribution in [1.82, 2.24) is 0 Å². The van der Waals surface area contributed by atoms with Gasteiger partial charge in [0.25, 0.3) is 0 Å². The number of phenolic OH excluding ortho intramolecular Hbond substituents is 1. The third-order valence-electron chi connectivity index (χ3n) is 1.38. The van der Waals surface area contributed by atoms with E-state index in [4.69, 9.17) is 4.74 Å². The van der Waals surface area contributed by atoms with E-state index in [-0.39, 0.29) is 5.75 Å². The summed E-state index contributed by atoms with van der Waals surface area (Å²) >= 11 is 0. The molecule has 62 valence electrons. The van der Waals surface area contributed by atoms with Gasteiger partial charge in [0.2, 0.25) is 0 Å². The lowest BCUT2D eigenvalue weighted by Gasteiger charge is -2.01. The highest BCUT2D eigenvalue weighted by molar-refractivity contribution is 5.53. The molecule has 2 radical (unpaired) electrons. The molecule has 0 aliphatic carbocycles. The summed E-state index contributed by atoms with van der Waals surface area (Å²) < 4.78 is 4.87. The molecular formula is C10H10O2. The quantitative estimate of drug-likeness (QED) is 0.721. The first-order valence-electron chi connectivity index (χ1n) is 3.61. The zero-order valence-corrected chi connectivity index (χ0v) is 7.09. The fourth-order valence-corrected chi connectivity index (χ4v) is 0.846. The van der Waals surface area contributed by atoms with Crippen molar-refractivity contribution >= 4 is 6.08 Å². The van der Waals surface area contributed by atoms with Crippen LogP contribution in [-0.2, 0) is 0 Å². The van der Waals surface area contributed by atoms with Gasteiger partial charge in [-0.1, -0.05) is 12.2 Å². The van der Waals surface area contributed by atoms with E-state index in [0.717, 1.165) is 5.56 Å². The minimum atomic E-state index is 0.0609. The number of hydrogen-bond acceptors (Lipinski definition) is 2. The maximum absolute atomic E-state index is 9.19. The molecule has 1 rings (SSSR count). The van der Waals surface area contributed by atoms with E-state index >= 15 is 0 Å². The van der Waals surface area contributed by atoms with Gasteiger partial charge in [-0.15, -0.1) is 0 Å². The van der Waals surface area contributed by atoms with Gasteiger partial charge in [-0.2, -0.15) is 0 Å². The predicted octanol–water partition coefficient (Wildman–Crippen LogP) is 2.03. The Morgan fingerprint density at radius 3 is 2.92 bits per heavy atom. The van der Waals surface area contributed by atoms with Crippen LogP contribution in [0.4, 0.5) is 0 Å². The van der Waals surface area contributed by atoms with Gasteiger partial charge in [-0.3, -0.25) is 0 Å². The number of rotatable bonds is 2. The highest BCUT2D eigenvalue weighted by Gasteiger charge is 2.00. The van der Waals surface area contributed by atoms with Gasteiger partial charge in [0.15, 0.2) is 11.5 Å². The first-order chi connectivity index (χ1) is 5.77. The zero-order chi connectivity index (χ0) is 8.97. The molecule has 0 aliphatic heterocycles. The van der Waals surface area contributed by atoms with Crippen molar-refractivity contribution in [3.63, 3.8) is 0 Å². The van der Waals surface area contributed by atoms with E-state index in [0.29, 0.717) is 5.75 Å². The molecule has 2 heteroatoms. The third kappa shape index (κ3) is 1.78. The van der Waals surface area contributed by atoms with Gasteiger partial charge in [-0.25, -0.2) is 0 Å². The Morgan fingerprint density at radius 2 is 2.33 bits per heavy atom. The molecule has 0 saturated carbocycles. The van der Waals surface area contributed by atoms with Crippen molar-refractivity contribution < 1.29 is 9.84 Å². The van der Waals surface area contributed by atoms with Crippen molar-refractivity contribution in [3.8, 4) is 11.5 Å². The van der Waals surface area contributed by atoms with Crippen LogP contribution in [0.15, 0.2) is 12.1 Å². The van der Waals surface area contributed by atoms with Crippen LogP contribution in [0.25, 0.3) is 6.08 Å². The number of benzene rings is 1. The van der Waals surface area contributed by atoms with E-state index in [1.807, 2.05) is 19.1 Å². The zero-order valence-electron chi connectivity index (χ0n) is 7.09. The van der Waals surface area contributed by atoms with Crippen LogP contribution in [-0.4, -0.2) is 12.2 Å². The molecular weight excluding hydrogens is 152 g/mol. The number of aromatic hydroxyl groups is 1. The van der Waals surface area contributed by atoms with Crippen LogP contribution in [0.1, 0.15) is 12.5 Å².